The minimum absolute atomic E-state index is 0.00616. The second-order valence-corrected chi connectivity index (χ2v) is 8.59. The van der Waals surface area contributed by atoms with Crippen molar-refractivity contribution in [3.8, 4) is 0 Å². The van der Waals surface area contributed by atoms with Gasteiger partial charge in [-0.05, 0) is 37.5 Å². The molecule has 1 unspecified atom stereocenters. The lowest BCUT2D eigenvalue weighted by Gasteiger charge is -2.37. The number of likely N-dealkylation sites (tertiary alicyclic amines) is 1. The zero-order valence-corrected chi connectivity index (χ0v) is 14.3. The molecule has 126 valence electrons. The molecular formula is C15H18ClFN2O3S. The van der Waals surface area contributed by atoms with Gasteiger partial charge in [0.1, 0.15) is 10.7 Å². The van der Waals surface area contributed by atoms with E-state index in [4.69, 9.17) is 11.6 Å². The van der Waals surface area contributed by atoms with E-state index in [0.29, 0.717) is 19.4 Å². The number of sulfonamides is 1. The maximum Gasteiger partial charge on any atom is 0.244 e. The molecule has 0 aliphatic carbocycles. The lowest BCUT2D eigenvalue weighted by atomic mass is 9.78. The van der Waals surface area contributed by atoms with Gasteiger partial charge < -0.3 is 4.90 Å². The first-order valence-electron chi connectivity index (χ1n) is 7.47. The number of piperidine rings is 1. The van der Waals surface area contributed by atoms with Gasteiger partial charge in [0, 0.05) is 26.7 Å². The van der Waals surface area contributed by atoms with Crippen LogP contribution in [0.25, 0.3) is 0 Å². The highest BCUT2D eigenvalue weighted by molar-refractivity contribution is 7.89. The molecule has 0 aromatic heterocycles. The molecule has 0 radical (unpaired) electrons. The molecule has 1 aromatic rings. The van der Waals surface area contributed by atoms with E-state index in [-0.39, 0.29) is 28.9 Å². The van der Waals surface area contributed by atoms with Crippen LogP contribution < -0.4 is 0 Å². The average molecular weight is 361 g/mol. The Morgan fingerprint density at radius 1 is 1.26 bits per heavy atom. The molecule has 2 saturated heterocycles. The van der Waals surface area contributed by atoms with Crippen molar-refractivity contribution in [1.29, 1.82) is 0 Å². The maximum absolute atomic E-state index is 13.1. The summed E-state index contributed by atoms with van der Waals surface area (Å²) in [5, 5.41) is -0.141. The third-order valence-corrected chi connectivity index (χ3v) is 7.11. The van der Waals surface area contributed by atoms with Gasteiger partial charge in [-0.1, -0.05) is 11.6 Å². The van der Waals surface area contributed by atoms with Crippen LogP contribution in [0.3, 0.4) is 0 Å². The van der Waals surface area contributed by atoms with Gasteiger partial charge in [0.05, 0.1) is 10.4 Å². The number of rotatable bonds is 2. The van der Waals surface area contributed by atoms with Crippen LogP contribution in [0, 0.1) is 11.2 Å². The Balaban J connectivity index is 1.90. The second-order valence-electron chi connectivity index (χ2n) is 6.27. The first-order valence-corrected chi connectivity index (χ1v) is 9.29. The van der Waals surface area contributed by atoms with Crippen molar-refractivity contribution in [3.05, 3.63) is 29.0 Å². The molecule has 2 fully saturated rings. The number of halogens is 2. The topological polar surface area (TPSA) is 57.7 Å². The number of hydrogen-bond acceptors (Lipinski definition) is 3. The highest BCUT2D eigenvalue weighted by atomic mass is 35.5. The molecular weight excluding hydrogens is 343 g/mol. The van der Waals surface area contributed by atoms with E-state index in [9.17, 15) is 17.6 Å². The Kier molecular flexibility index (Phi) is 4.14. The lowest BCUT2D eigenvalue weighted by Crippen LogP contribution is -2.48. The van der Waals surface area contributed by atoms with Gasteiger partial charge in [-0.2, -0.15) is 4.31 Å². The maximum atomic E-state index is 13.1. The van der Waals surface area contributed by atoms with Crippen molar-refractivity contribution in [3.63, 3.8) is 0 Å². The zero-order chi connectivity index (χ0) is 16.8. The molecule has 3 rings (SSSR count). The third-order valence-electron chi connectivity index (χ3n) is 4.78. The van der Waals surface area contributed by atoms with Crippen molar-refractivity contribution < 1.29 is 17.6 Å². The third kappa shape index (κ3) is 2.75. The number of carbonyl (C=O) groups excluding carboxylic acids is 1. The molecule has 0 saturated carbocycles. The number of nitrogens with zero attached hydrogens (tertiary/aromatic N) is 2. The normalized spacial score (nSPS) is 26.2. The van der Waals surface area contributed by atoms with Crippen LogP contribution in [0.15, 0.2) is 23.1 Å². The summed E-state index contributed by atoms with van der Waals surface area (Å²) in [4.78, 5) is 14.1. The predicted octanol–water partition coefficient (Wildman–Crippen LogP) is 2.11. The monoisotopic (exact) mass is 360 g/mol. The van der Waals surface area contributed by atoms with Crippen molar-refractivity contribution in [2.75, 3.05) is 26.7 Å². The van der Waals surface area contributed by atoms with E-state index >= 15 is 0 Å². The fraction of sp³-hybridized carbons (Fsp3) is 0.533. The van der Waals surface area contributed by atoms with Gasteiger partial charge in [-0.25, -0.2) is 12.8 Å². The Morgan fingerprint density at radius 3 is 2.70 bits per heavy atom. The quantitative estimate of drug-likeness (QED) is 0.811. The minimum Gasteiger partial charge on any atom is -0.345 e. The lowest BCUT2D eigenvalue weighted by molar-refractivity contribution is -0.143. The summed E-state index contributed by atoms with van der Waals surface area (Å²) < 4.78 is 40.0. The van der Waals surface area contributed by atoms with Crippen molar-refractivity contribution in [1.82, 2.24) is 9.21 Å². The highest BCUT2D eigenvalue weighted by Crippen LogP contribution is 2.42. The fourth-order valence-electron chi connectivity index (χ4n) is 3.51. The first-order chi connectivity index (χ1) is 10.8. The molecule has 0 bridgehead atoms. The van der Waals surface area contributed by atoms with Gasteiger partial charge in [-0.15, -0.1) is 0 Å². The highest BCUT2D eigenvalue weighted by Gasteiger charge is 2.50. The number of hydrogen-bond donors (Lipinski definition) is 0. The van der Waals surface area contributed by atoms with E-state index in [1.807, 2.05) is 0 Å². The van der Waals surface area contributed by atoms with Crippen LogP contribution in [-0.2, 0) is 14.8 Å². The molecule has 2 aliphatic rings. The predicted molar refractivity (Wildman–Crippen MR) is 84.1 cm³/mol. The summed E-state index contributed by atoms with van der Waals surface area (Å²) >= 11 is 5.90. The van der Waals surface area contributed by atoms with E-state index in [2.05, 4.69) is 0 Å². The van der Waals surface area contributed by atoms with Gasteiger partial charge >= 0.3 is 0 Å². The molecule has 0 N–H and O–H groups in total. The van der Waals surface area contributed by atoms with Crippen LogP contribution in [-0.4, -0.2) is 50.2 Å². The Bertz CT molecular complexity index is 755. The summed E-state index contributed by atoms with van der Waals surface area (Å²) in [6.07, 6.45) is 2.07. The summed E-state index contributed by atoms with van der Waals surface area (Å²) in [5.41, 5.74) is -0.632. The molecule has 2 heterocycles. The SMILES string of the molecule is CN1CCCC2(CCN(S(=O)(=O)c3ccc(F)cc3Cl)C2)C1=O. The molecule has 1 spiro atoms. The molecule has 2 aliphatic heterocycles. The first kappa shape index (κ1) is 16.7. The standard InChI is InChI=1S/C15H18ClFN2O3S/c1-18-7-2-5-15(14(18)20)6-8-19(10-15)23(21,22)13-4-3-11(17)9-12(13)16/h3-4,9H,2,5-8,10H2,1H3. The van der Waals surface area contributed by atoms with E-state index in [1.165, 1.54) is 10.4 Å². The largest absolute Gasteiger partial charge is 0.345 e. The van der Waals surface area contributed by atoms with Gasteiger partial charge in [0.15, 0.2) is 0 Å². The van der Waals surface area contributed by atoms with Crippen molar-refractivity contribution in [2.24, 2.45) is 5.41 Å². The van der Waals surface area contributed by atoms with Crippen LogP contribution in [0.1, 0.15) is 19.3 Å². The number of carbonyl (C=O) groups is 1. The summed E-state index contributed by atoms with van der Waals surface area (Å²) in [5.74, 6) is -0.581. The van der Waals surface area contributed by atoms with Gasteiger partial charge in [0.2, 0.25) is 15.9 Å². The van der Waals surface area contributed by atoms with Crippen LogP contribution in [0.2, 0.25) is 5.02 Å². The fourth-order valence-corrected chi connectivity index (χ4v) is 5.54. The average Bonchev–Trinajstić information content (AvgIpc) is 2.90. The van der Waals surface area contributed by atoms with Gasteiger partial charge in [-0.3, -0.25) is 4.79 Å². The molecule has 1 aromatic carbocycles. The van der Waals surface area contributed by atoms with E-state index < -0.39 is 21.3 Å². The summed E-state index contributed by atoms with van der Waals surface area (Å²) in [6, 6.07) is 3.23. The van der Waals surface area contributed by atoms with E-state index in [0.717, 1.165) is 18.6 Å². The summed E-state index contributed by atoms with van der Waals surface area (Å²) in [7, 11) is -2.09. The second kappa shape index (κ2) is 5.72. The van der Waals surface area contributed by atoms with Crippen molar-refractivity contribution >= 4 is 27.5 Å². The van der Waals surface area contributed by atoms with Crippen LogP contribution in [0.4, 0.5) is 4.39 Å². The Hall–Kier alpha value is -1.18. The molecule has 1 amide bonds. The summed E-state index contributed by atoms with van der Waals surface area (Å²) in [6.45, 7) is 1.14. The molecule has 8 heteroatoms. The number of amides is 1. The van der Waals surface area contributed by atoms with Gasteiger partial charge in [0.25, 0.3) is 0 Å². The Morgan fingerprint density at radius 2 is 2.00 bits per heavy atom. The van der Waals surface area contributed by atoms with Crippen LogP contribution >= 0.6 is 11.6 Å². The van der Waals surface area contributed by atoms with Crippen molar-refractivity contribution in [2.45, 2.75) is 24.2 Å². The smallest absolute Gasteiger partial charge is 0.244 e. The minimum atomic E-state index is -3.84. The van der Waals surface area contributed by atoms with Crippen LogP contribution in [0.5, 0.6) is 0 Å². The van der Waals surface area contributed by atoms with E-state index in [1.54, 1.807) is 11.9 Å². The zero-order valence-electron chi connectivity index (χ0n) is 12.8. The number of benzene rings is 1. The molecule has 5 nitrogen and oxygen atoms in total. The molecule has 23 heavy (non-hydrogen) atoms. The molecule has 1 atom stereocenters. The Labute approximate surface area is 140 Å².